The summed E-state index contributed by atoms with van der Waals surface area (Å²) in [4.78, 5) is 0. The molecule has 0 unspecified atom stereocenters. The Bertz CT molecular complexity index is 398. The van der Waals surface area contributed by atoms with Crippen LogP contribution in [-0.4, -0.2) is 27.0 Å². The van der Waals surface area contributed by atoms with Crippen molar-refractivity contribution in [1.82, 2.24) is 0 Å². The SMILES string of the molecule is C=C1/C(=C\CCl)C[C@@H](O[Si](C)(C)C(C)(C)C)C[C@@H]1CCF. The Morgan fingerprint density at radius 1 is 1.43 bits per heavy atom. The van der Waals surface area contributed by atoms with E-state index in [9.17, 15) is 4.39 Å². The minimum absolute atomic E-state index is 0.169. The molecule has 122 valence electrons. The molecule has 0 aromatic rings. The summed E-state index contributed by atoms with van der Waals surface area (Å²) in [7, 11) is -1.80. The molecule has 0 amide bonds. The van der Waals surface area contributed by atoms with E-state index in [0.717, 1.165) is 18.4 Å². The third-order valence-electron chi connectivity index (χ3n) is 4.95. The smallest absolute Gasteiger partial charge is 0.192 e. The zero-order valence-electron chi connectivity index (χ0n) is 14.1. The van der Waals surface area contributed by atoms with Gasteiger partial charge in [-0.15, -0.1) is 11.6 Å². The Labute approximate surface area is 135 Å². The van der Waals surface area contributed by atoms with E-state index in [2.05, 4.69) is 40.4 Å². The highest BCUT2D eigenvalue weighted by Gasteiger charge is 2.41. The lowest BCUT2D eigenvalue weighted by molar-refractivity contribution is 0.141. The largest absolute Gasteiger partial charge is 0.414 e. The Morgan fingerprint density at radius 2 is 2.05 bits per heavy atom. The van der Waals surface area contributed by atoms with E-state index < -0.39 is 8.32 Å². The minimum Gasteiger partial charge on any atom is -0.414 e. The van der Waals surface area contributed by atoms with Crippen molar-refractivity contribution in [3.8, 4) is 0 Å². The van der Waals surface area contributed by atoms with Gasteiger partial charge in [0.05, 0.1) is 6.67 Å². The number of allylic oxidation sites excluding steroid dienone is 2. The average molecular weight is 333 g/mol. The molecule has 0 heterocycles. The maximum Gasteiger partial charge on any atom is 0.192 e. The molecule has 1 aliphatic carbocycles. The molecule has 1 aliphatic rings. The van der Waals surface area contributed by atoms with Crippen LogP contribution in [0.1, 0.15) is 40.0 Å². The lowest BCUT2D eigenvalue weighted by Crippen LogP contribution is -2.45. The molecule has 0 saturated heterocycles. The quantitative estimate of drug-likeness (QED) is 0.452. The third-order valence-corrected chi connectivity index (χ3v) is 9.64. The van der Waals surface area contributed by atoms with Gasteiger partial charge in [-0.25, -0.2) is 0 Å². The van der Waals surface area contributed by atoms with Gasteiger partial charge in [0.1, 0.15) is 0 Å². The highest BCUT2D eigenvalue weighted by molar-refractivity contribution is 6.74. The predicted octanol–water partition coefficient (Wildman–Crippen LogP) is 5.87. The van der Waals surface area contributed by atoms with E-state index >= 15 is 0 Å². The van der Waals surface area contributed by atoms with Crippen molar-refractivity contribution in [2.75, 3.05) is 12.6 Å². The van der Waals surface area contributed by atoms with Crippen molar-refractivity contribution in [3.05, 3.63) is 23.8 Å². The van der Waals surface area contributed by atoms with Gasteiger partial charge in [0, 0.05) is 12.0 Å². The first-order chi connectivity index (χ1) is 9.62. The number of halogens is 2. The molecule has 1 fully saturated rings. The summed E-state index contributed by atoms with van der Waals surface area (Å²) in [5.41, 5.74) is 2.22. The monoisotopic (exact) mass is 332 g/mol. The van der Waals surface area contributed by atoms with Crippen LogP contribution in [0.25, 0.3) is 0 Å². The highest BCUT2D eigenvalue weighted by atomic mass is 35.5. The molecule has 4 heteroatoms. The second kappa shape index (κ2) is 7.43. The second-order valence-electron chi connectivity index (χ2n) is 7.52. The van der Waals surface area contributed by atoms with Crippen molar-refractivity contribution < 1.29 is 8.82 Å². The van der Waals surface area contributed by atoms with Crippen LogP contribution in [0.15, 0.2) is 23.8 Å². The summed E-state index contributed by atoms with van der Waals surface area (Å²) in [6.07, 6.45) is 4.46. The molecule has 0 spiro atoms. The predicted molar refractivity (Wildman–Crippen MR) is 93.3 cm³/mol. The van der Waals surface area contributed by atoms with Gasteiger partial charge in [0.15, 0.2) is 8.32 Å². The lowest BCUT2D eigenvalue weighted by Gasteiger charge is -2.42. The van der Waals surface area contributed by atoms with Crippen LogP contribution in [0.3, 0.4) is 0 Å². The summed E-state index contributed by atoms with van der Waals surface area (Å²) < 4.78 is 19.3. The van der Waals surface area contributed by atoms with Crippen molar-refractivity contribution in [3.63, 3.8) is 0 Å². The first-order valence-corrected chi connectivity index (χ1v) is 11.2. The van der Waals surface area contributed by atoms with Crippen LogP contribution in [0.5, 0.6) is 0 Å². The zero-order chi connectivity index (χ0) is 16.3. The van der Waals surface area contributed by atoms with Gasteiger partial charge < -0.3 is 4.43 Å². The van der Waals surface area contributed by atoms with Gasteiger partial charge in [-0.2, -0.15) is 0 Å². The molecular formula is C17H30ClFOSi. The average Bonchev–Trinajstić information content (AvgIpc) is 2.33. The Hall–Kier alpha value is -0.123. The van der Waals surface area contributed by atoms with Crippen LogP contribution in [0, 0.1) is 5.92 Å². The molecule has 21 heavy (non-hydrogen) atoms. The van der Waals surface area contributed by atoms with Gasteiger partial charge in [0.25, 0.3) is 0 Å². The minimum atomic E-state index is -1.80. The normalized spacial score (nSPS) is 26.4. The summed E-state index contributed by atoms with van der Waals surface area (Å²) in [5, 5.41) is 0.188. The molecule has 1 rings (SSSR count). The molecule has 0 aliphatic heterocycles. The van der Waals surface area contributed by atoms with Gasteiger partial charge >= 0.3 is 0 Å². The van der Waals surface area contributed by atoms with Crippen molar-refractivity contribution >= 4 is 19.9 Å². The van der Waals surface area contributed by atoms with Gasteiger partial charge in [-0.05, 0) is 54.5 Å². The van der Waals surface area contributed by atoms with E-state index in [1.54, 1.807) is 0 Å². The van der Waals surface area contributed by atoms with E-state index in [-0.39, 0.29) is 23.7 Å². The van der Waals surface area contributed by atoms with E-state index in [1.165, 1.54) is 5.57 Å². The van der Waals surface area contributed by atoms with Crippen LogP contribution in [-0.2, 0) is 4.43 Å². The fourth-order valence-corrected chi connectivity index (χ4v) is 4.15. The number of alkyl halides is 2. The maximum absolute atomic E-state index is 12.8. The molecule has 0 bridgehead atoms. The molecule has 0 aromatic carbocycles. The van der Waals surface area contributed by atoms with Crippen molar-refractivity contribution in [2.45, 2.75) is 64.3 Å². The first-order valence-electron chi connectivity index (χ1n) is 7.80. The number of hydrogen-bond donors (Lipinski definition) is 0. The second-order valence-corrected chi connectivity index (χ2v) is 12.6. The molecule has 1 nitrogen and oxygen atoms in total. The fourth-order valence-electron chi connectivity index (χ4n) is 2.60. The zero-order valence-corrected chi connectivity index (χ0v) is 15.9. The van der Waals surface area contributed by atoms with Gasteiger partial charge in [-0.1, -0.05) is 33.4 Å². The topological polar surface area (TPSA) is 9.23 Å². The number of hydrogen-bond acceptors (Lipinski definition) is 1. The molecule has 1 saturated carbocycles. The van der Waals surface area contributed by atoms with Gasteiger partial charge in [-0.3, -0.25) is 4.39 Å². The fraction of sp³-hybridized carbons (Fsp3) is 0.765. The summed E-state index contributed by atoms with van der Waals surface area (Å²) in [5.74, 6) is 0.664. The van der Waals surface area contributed by atoms with Crippen LogP contribution >= 0.6 is 11.6 Å². The van der Waals surface area contributed by atoms with Gasteiger partial charge in [0.2, 0.25) is 0 Å². The molecule has 0 N–H and O–H groups in total. The van der Waals surface area contributed by atoms with Crippen LogP contribution < -0.4 is 0 Å². The third kappa shape index (κ3) is 4.94. The van der Waals surface area contributed by atoms with E-state index in [4.69, 9.17) is 16.0 Å². The summed E-state index contributed by atoms with van der Waals surface area (Å²) in [6, 6.07) is 0. The summed E-state index contributed by atoms with van der Waals surface area (Å²) in [6.45, 7) is 15.1. The standard InChI is InChI=1S/C17H30ClFOSi/c1-13-14(7-9-18)11-16(12-15(13)8-10-19)20-21(5,6)17(2,3)4/h7,15-16H,1,8-12H2,2-6H3/b14-7-/t15-,16+/m0/s1. The van der Waals surface area contributed by atoms with Crippen LogP contribution in [0.2, 0.25) is 18.1 Å². The van der Waals surface area contributed by atoms with Crippen molar-refractivity contribution in [2.24, 2.45) is 5.92 Å². The first kappa shape index (κ1) is 18.9. The Balaban J connectivity index is 2.88. The highest BCUT2D eigenvalue weighted by Crippen LogP contribution is 2.42. The molecule has 0 radical (unpaired) electrons. The molecule has 0 aromatic heterocycles. The Kier molecular flexibility index (Phi) is 6.70. The summed E-state index contributed by atoms with van der Waals surface area (Å²) >= 11 is 5.85. The van der Waals surface area contributed by atoms with Crippen molar-refractivity contribution in [1.29, 1.82) is 0 Å². The molecular weight excluding hydrogens is 303 g/mol. The molecule has 2 atom stereocenters. The Morgan fingerprint density at radius 3 is 2.52 bits per heavy atom. The lowest BCUT2D eigenvalue weighted by atomic mass is 9.78. The number of rotatable bonds is 5. The van der Waals surface area contributed by atoms with E-state index in [1.807, 2.05) is 6.08 Å². The maximum atomic E-state index is 12.8. The van der Waals surface area contributed by atoms with Crippen LogP contribution in [0.4, 0.5) is 4.39 Å². The van der Waals surface area contributed by atoms with E-state index in [0.29, 0.717) is 12.3 Å².